The van der Waals surface area contributed by atoms with Crippen molar-refractivity contribution in [3.05, 3.63) is 23.5 Å². The fourth-order valence-electron chi connectivity index (χ4n) is 1.41. The lowest BCUT2D eigenvalue weighted by Gasteiger charge is -2.25. The maximum atomic E-state index is 12.0. The Labute approximate surface area is 95.0 Å². The predicted molar refractivity (Wildman–Crippen MR) is 51.3 cm³/mol. The molecule has 17 heavy (non-hydrogen) atoms. The molecule has 5 nitrogen and oxygen atoms in total. The van der Waals surface area contributed by atoms with Crippen LogP contribution in [0.4, 0.5) is 8.78 Å². The average Bonchev–Trinajstić information content (AvgIpc) is 2.19. The Morgan fingerprint density at radius 3 is 2.47 bits per heavy atom. The Kier molecular flexibility index (Phi) is 3.50. The van der Waals surface area contributed by atoms with E-state index in [1.54, 1.807) is 0 Å². The smallest absolute Gasteiger partial charge is 0.387 e. The van der Waals surface area contributed by atoms with E-state index in [4.69, 9.17) is 10.2 Å². The van der Waals surface area contributed by atoms with Gasteiger partial charge in [0.25, 0.3) is 0 Å². The highest BCUT2D eigenvalue weighted by Gasteiger charge is 2.37. The zero-order valence-corrected chi connectivity index (χ0v) is 8.81. The summed E-state index contributed by atoms with van der Waals surface area (Å²) < 4.78 is 28.0. The first-order valence-corrected chi connectivity index (χ1v) is 4.60. The van der Waals surface area contributed by atoms with E-state index in [-0.39, 0.29) is 0 Å². The summed E-state index contributed by atoms with van der Waals surface area (Å²) in [5.74, 6) is -3.22. The number of hydrogen-bond acceptors (Lipinski definition) is 3. The molecule has 0 fully saturated rings. The molecule has 2 N–H and O–H groups in total. The summed E-state index contributed by atoms with van der Waals surface area (Å²) in [4.78, 5) is 21.8. The highest BCUT2D eigenvalue weighted by Crippen LogP contribution is 2.35. The van der Waals surface area contributed by atoms with Crippen molar-refractivity contribution in [3.8, 4) is 0 Å². The van der Waals surface area contributed by atoms with Gasteiger partial charge in [-0.1, -0.05) is 6.08 Å². The molecule has 1 rings (SSSR count). The molecule has 0 aromatic heterocycles. The summed E-state index contributed by atoms with van der Waals surface area (Å²) in [6.45, 7) is -1.85. The van der Waals surface area contributed by atoms with Crippen molar-refractivity contribution in [1.29, 1.82) is 0 Å². The Balaban J connectivity index is 3.08. The normalized spacial score (nSPS) is 24.0. The molecule has 0 heterocycles. The van der Waals surface area contributed by atoms with Crippen LogP contribution >= 0.6 is 0 Å². The summed E-state index contributed by atoms with van der Waals surface area (Å²) in [5, 5.41) is 17.7. The van der Waals surface area contributed by atoms with Gasteiger partial charge in [-0.25, -0.2) is 4.79 Å². The molecule has 0 amide bonds. The zero-order valence-electron chi connectivity index (χ0n) is 8.81. The molecule has 1 aliphatic rings. The molecular formula is C10H10F2O5. The van der Waals surface area contributed by atoms with E-state index in [1.807, 2.05) is 0 Å². The Bertz CT molecular complexity index is 413. The third kappa shape index (κ3) is 2.80. The number of rotatable bonds is 4. The number of alkyl halides is 2. The molecule has 1 unspecified atom stereocenters. The maximum Gasteiger partial charge on any atom is 0.387 e. The van der Waals surface area contributed by atoms with Gasteiger partial charge < -0.3 is 14.9 Å². The number of allylic oxidation sites excluding steroid dienone is 1. The fraction of sp³-hybridized carbons (Fsp3) is 0.400. The SMILES string of the molecule is CC1(C(=O)O)C=CC(OC(F)F)=C(C(=O)O)C1. The van der Waals surface area contributed by atoms with E-state index in [0.29, 0.717) is 0 Å². The van der Waals surface area contributed by atoms with Crippen molar-refractivity contribution < 1.29 is 33.3 Å². The first-order valence-electron chi connectivity index (χ1n) is 4.60. The number of hydrogen-bond donors (Lipinski definition) is 2. The molecule has 0 spiro atoms. The molecule has 7 heteroatoms. The predicted octanol–water partition coefficient (Wildman–Crippen LogP) is 1.62. The van der Waals surface area contributed by atoms with E-state index in [2.05, 4.69) is 4.74 Å². The first-order chi connectivity index (χ1) is 7.76. The molecule has 1 aliphatic carbocycles. The highest BCUT2D eigenvalue weighted by molar-refractivity contribution is 5.90. The number of aliphatic carboxylic acids is 2. The Morgan fingerprint density at radius 2 is 2.06 bits per heavy atom. The lowest BCUT2D eigenvalue weighted by atomic mass is 9.79. The molecule has 0 saturated carbocycles. The number of ether oxygens (including phenoxy) is 1. The Morgan fingerprint density at radius 1 is 1.47 bits per heavy atom. The third-order valence-corrected chi connectivity index (χ3v) is 2.41. The van der Waals surface area contributed by atoms with Gasteiger partial charge in [0, 0.05) is 6.42 Å². The van der Waals surface area contributed by atoms with Gasteiger partial charge in [-0.15, -0.1) is 0 Å². The molecule has 0 saturated heterocycles. The summed E-state index contributed by atoms with van der Waals surface area (Å²) >= 11 is 0. The summed E-state index contributed by atoms with van der Waals surface area (Å²) in [7, 11) is 0. The fourth-order valence-corrected chi connectivity index (χ4v) is 1.41. The van der Waals surface area contributed by atoms with Gasteiger partial charge in [0.05, 0.1) is 11.0 Å². The van der Waals surface area contributed by atoms with Crippen LogP contribution in [0.2, 0.25) is 0 Å². The maximum absolute atomic E-state index is 12.0. The van der Waals surface area contributed by atoms with E-state index in [0.717, 1.165) is 12.2 Å². The van der Waals surface area contributed by atoms with Crippen molar-refractivity contribution in [2.75, 3.05) is 0 Å². The number of carboxylic acids is 2. The van der Waals surface area contributed by atoms with Crippen molar-refractivity contribution in [2.24, 2.45) is 5.41 Å². The summed E-state index contributed by atoms with van der Waals surface area (Å²) in [5.41, 5.74) is -1.90. The van der Waals surface area contributed by atoms with Crippen LogP contribution in [0, 0.1) is 5.41 Å². The minimum Gasteiger partial charge on any atom is -0.481 e. The van der Waals surface area contributed by atoms with Gasteiger partial charge in [-0.2, -0.15) is 8.78 Å². The molecule has 0 aromatic rings. The Hall–Kier alpha value is -1.92. The van der Waals surface area contributed by atoms with Crippen molar-refractivity contribution in [3.63, 3.8) is 0 Å². The molecule has 1 atom stereocenters. The van der Waals surface area contributed by atoms with E-state index < -0.39 is 41.7 Å². The van der Waals surface area contributed by atoms with E-state index in [1.165, 1.54) is 6.92 Å². The van der Waals surface area contributed by atoms with Crippen molar-refractivity contribution in [2.45, 2.75) is 20.0 Å². The third-order valence-electron chi connectivity index (χ3n) is 2.41. The monoisotopic (exact) mass is 248 g/mol. The first kappa shape index (κ1) is 13.1. The average molecular weight is 248 g/mol. The molecule has 0 bridgehead atoms. The van der Waals surface area contributed by atoms with Gasteiger partial charge in [0.2, 0.25) is 0 Å². The van der Waals surface area contributed by atoms with Crippen molar-refractivity contribution >= 4 is 11.9 Å². The lowest BCUT2D eigenvalue weighted by Crippen LogP contribution is -2.30. The van der Waals surface area contributed by atoms with Gasteiger partial charge in [-0.05, 0) is 13.0 Å². The molecule has 94 valence electrons. The number of carbonyl (C=O) groups is 2. The van der Waals surface area contributed by atoms with E-state index in [9.17, 15) is 18.4 Å². The second-order valence-corrected chi connectivity index (χ2v) is 3.76. The quantitative estimate of drug-likeness (QED) is 0.789. The summed E-state index contributed by atoms with van der Waals surface area (Å²) in [6.07, 6.45) is 1.68. The van der Waals surface area contributed by atoms with Crippen LogP contribution in [0.25, 0.3) is 0 Å². The number of carboxylic acid groups (broad SMARTS) is 2. The molecule has 0 aromatic carbocycles. The number of halogens is 2. The van der Waals surface area contributed by atoms with Gasteiger partial charge in [-0.3, -0.25) is 4.79 Å². The van der Waals surface area contributed by atoms with Crippen LogP contribution in [0.5, 0.6) is 0 Å². The summed E-state index contributed by atoms with van der Waals surface area (Å²) in [6, 6.07) is 0. The molecular weight excluding hydrogens is 238 g/mol. The minimum atomic E-state index is -3.15. The van der Waals surface area contributed by atoms with Crippen LogP contribution in [0.15, 0.2) is 23.5 Å². The molecule has 0 radical (unpaired) electrons. The van der Waals surface area contributed by atoms with Crippen LogP contribution in [0.3, 0.4) is 0 Å². The van der Waals surface area contributed by atoms with Gasteiger partial charge >= 0.3 is 18.6 Å². The largest absolute Gasteiger partial charge is 0.481 e. The van der Waals surface area contributed by atoms with Crippen LogP contribution in [-0.2, 0) is 14.3 Å². The van der Waals surface area contributed by atoms with Crippen LogP contribution < -0.4 is 0 Å². The lowest BCUT2D eigenvalue weighted by molar-refractivity contribution is -0.145. The standard InChI is InChI=1S/C10H10F2O5/c1-10(8(15)16)3-2-6(17-9(11)12)5(4-10)7(13)14/h2-3,9H,4H2,1H3,(H,13,14)(H,15,16). The van der Waals surface area contributed by atoms with E-state index >= 15 is 0 Å². The molecule has 0 aliphatic heterocycles. The zero-order chi connectivity index (χ0) is 13.2. The van der Waals surface area contributed by atoms with Gasteiger partial charge in [0.15, 0.2) is 0 Å². The minimum absolute atomic E-state index is 0.407. The van der Waals surface area contributed by atoms with Crippen LogP contribution in [0.1, 0.15) is 13.3 Å². The van der Waals surface area contributed by atoms with Crippen molar-refractivity contribution in [1.82, 2.24) is 0 Å². The van der Waals surface area contributed by atoms with Gasteiger partial charge in [0.1, 0.15) is 5.76 Å². The second kappa shape index (κ2) is 4.52. The second-order valence-electron chi connectivity index (χ2n) is 3.76. The van der Waals surface area contributed by atoms with Crippen LogP contribution in [-0.4, -0.2) is 28.8 Å². The highest BCUT2D eigenvalue weighted by atomic mass is 19.3. The topological polar surface area (TPSA) is 83.8 Å².